The van der Waals surface area contributed by atoms with Crippen molar-refractivity contribution in [3.63, 3.8) is 0 Å². The summed E-state index contributed by atoms with van der Waals surface area (Å²) in [7, 11) is 1.70. The van der Waals surface area contributed by atoms with Gasteiger partial charge in [0.15, 0.2) is 0 Å². The number of carbonyl (C=O) groups excluding carboxylic acids is 1. The average molecular weight is 303 g/mol. The number of hydrogen-bond donors (Lipinski definition) is 2. The van der Waals surface area contributed by atoms with Crippen LogP contribution in [0, 0.1) is 6.92 Å². The molecule has 1 atom stereocenters. The summed E-state index contributed by atoms with van der Waals surface area (Å²) in [5.74, 6) is 0.512. The Morgan fingerprint density at radius 3 is 2.91 bits per heavy atom. The van der Waals surface area contributed by atoms with Crippen molar-refractivity contribution in [1.82, 2.24) is 9.88 Å². The number of aryl methyl sites for hydroxylation is 1. The molecule has 1 unspecified atom stereocenters. The van der Waals surface area contributed by atoms with Crippen LogP contribution in [0.15, 0.2) is 35.1 Å². The van der Waals surface area contributed by atoms with Crippen LogP contribution in [0.4, 0.5) is 10.5 Å². The molecule has 0 bridgehead atoms. The standard InChI is InChI=1S/C16H21N3O3/c1-11-4-5-13(15-17-7-9-22-15)10-14(11)18-16(21)19(3)8-6-12(2)20/h4-5,7,9-10,12,20H,6,8H2,1-3H3,(H,18,21). The van der Waals surface area contributed by atoms with Gasteiger partial charge in [-0.1, -0.05) is 6.07 Å². The van der Waals surface area contributed by atoms with Gasteiger partial charge in [-0.05, 0) is 38.0 Å². The first kappa shape index (κ1) is 16.0. The Morgan fingerprint density at radius 1 is 1.50 bits per heavy atom. The lowest BCUT2D eigenvalue weighted by Crippen LogP contribution is -2.33. The maximum Gasteiger partial charge on any atom is 0.321 e. The smallest absolute Gasteiger partial charge is 0.321 e. The summed E-state index contributed by atoms with van der Waals surface area (Å²) in [6.07, 6.45) is 3.21. The molecule has 118 valence electrons. The lowest BCUT2D eigenvalue weighted by atomic mass is 10.1. The average Bonchev–Trinajstić information content (AvgIpc) is 3.01. The van der Waals surface area contributed by atoms with Crippen LogP contribution in [0.5, 0.6) is 0 Å². The first-order valence-corrected chi connectivity index (χ1v) is 7.18. The van der Waals surface area contributed by atoms with Crippen LogP contribution in [0.1, 0.15) is 18.9 Å². The molecule has 6 heteroatoms. The minimum absolute atomic E-state index is 0.215. The number of benzene rings is 1. The number of nitrogens with zero attached hydrogens (tertiary/aromatic N) is 2. The Bertz CT molecular complexity index is 624. The van der Waals surface area contributed by atoms with Crippen molar-refractivity contribution < 1.29 is 14.3 Å². The van der Waals surface area contributed by atoms with Crippen LogP contribution < -0.4 is 5.32 Å². The van der Waals surface area contributed by atoms with Crippen molar-refractivity contribution in [1.29, 1.82) is 0 Å². The number of aliphatic hydroxyl groups excluding tert-OH is 1. The molecule has 2 amide bonds. The molecule has 22 heavy (non-hydrogen) atoms. The van der Waals surface area contributed by atoms with Gasteiger partial charge in [-0.15, -0.1) is 0 Å². The van der Waals surface area contributed by atoms with E-state index >= 15 is 0 Å². The number of aliphatic hydroxyl groups is 1. The van der Waals surface area contributed by atoms with Crippen LogP contribution >= 0.6 is 0 Å². The molecule has 0 radical (unpaired) electrons. The van der Waals surface area contributed by atoms with E-state index in [1.54, 1.807) is 25.1 Å². The van der Waals surface area contributed by atoms with E-state index in [0.29, 0.717) is 24.5 Å². The van der Waals surface area contributed by atoms with E-state index in [2.05, 4.69) is 10.3 Å². The maximum absolute atomic E-state index is 12.2. The molecule has 0 fully saturated rings. The summed E-state index contributed by atoms with van der Waals surface area (Å²) in [6, 6.07) is 5.42. The summed E-state index contributed by atoms with van der Waals surface area (Å²) >= 11 is 0. The molecule has 0 aliphatic heterocycles. The van der Waals surface area contributed by atoms with Gasteiger partial charge < -0.3 is 19.7 Å². The highest BCUT2D eigenvalue weighted by Gasteiger charge is 2.12. The van der Waals surface area contributed by atoms with Crippen molar-refractivity contribution in [3.05, 3.63) is 36.2 Å². The number of anilines is 1. The number of aromatic nitrogens is 1. The first-order valence-electron chi connectivity index (χ1n) is 7.18. The molecular formula is C16H21N3O3. The molecule has 0 saturated heterocycles. The third-order valence-electron chi connectivity index (χ3n) is 3.39. The number of amides is 2. The number of carbonyl (C=O) groups is 1. The highest BCUT2D eigenvalue weighted by molar-refractivity contribution is 5.90. The maximum atomic E-state index is 12.2. The summed E-state index contributed by atoms with van der Waals surface area (Å²) in [6.45, 7) is 4.11. The molecule has 1 aromatic carbocycles. The molecule has 1 heterocycles. The van der Waals surface area contributed by atoms with Gasteiger partial charge in [-0.3, -0.25) is 0 Å². The Kier molecular flexibility index (Phi) is 5.16. The predicted molar refractivity (Wildman–Crippen MR) is 84.6 cm³/mol. The Hall–Kier alpha value is -2.34. The zero-order chi connectivity index (χ0) is 16.1. The molecule has 6 nitrogen and oxygen atoms in total. The van der Waals surface area contributed by atoms with Gasteiger partial charge in [-0.2, -0.15) is 0 Å². The van der Waals surface area contributed by atoms with Crippen LogP contribution in [-0.2, 0) is 0 Å². The van der Waals surface area contributed by atoms with E-state index in [0.717, 1.165) is 11.1 Å². The fourth-order valence-corrected chi connectivity index (χ4v) is 1.95. The third kappa shape index (κ3) is 4.08. The third-order valence-corrected chi connectivity index (χ3v) is 3.39. The quantitative estimate of drug-likeness (QED) is 0.890. The van der Waals surface area contributed by atoms with Crippen molar-refractivity contribution >= 4 is 11.7 Å². The first-order chi connectivity index (χ1) is 10.5. The number of nitrogens with one attached hydrogen (secondary N) is 1. The number of urea groups is 1. The monoisotopic (exact) mass is 303 g/mol. The van der Waals surface area contributed by atoms with Crippen molar-refractivity contribution in [2.75, 3.05) is 18.9 Å². The lowest BCUT2D eigenvalue weighted by Gasteiger charge is -2.19. The molecule has 2 N–H and O–H groups in total. The Labute approximate surface area is 129 Å². The minimum atomic E-state index is -0.426. The SMILES string of the molecule is Cc1ccc(-c2ncco2)cc1NC(=O)N(C)CCC(C)O. The normalized spacial score (nSPS) is 12.0. The Morgan fingerprint density at radius 2 is 2.27 bits per heavy atom. The zero-order valence-corrected chi connectivity index (χ0v) is 13.0. The second kappa shape index (κ2) is 7.09. The van der Waals surface area contributed by atoms with Gasteiger partial charge >= 0.3 is 6.03 Å². The molecule has 1 aromatic heterocycles. The van der Waals surface area contributed by atoms with Gasteiger partial charge in [0.1, 0.15) is 6.26 Å². The molecular weight excluding hydrogens is 282 g/mol. The molecule has 0 spiro atoms. The predicted octanol–water partition coefficient (Wildman–Crippen LogP) is 2.88. The lowest BCUT2D eigenvalue weighted by molar-refractivity contribution is 0.167. The van der Waals surface area contributed by atoms with Crippen LogP contribution in [0.2, 0.25) is 0 Å². The highest BCUT2D eigenvalue weighted by atomic mass is 16.3. The number of hydrogen-bond acceptors (Lipinski definition) is 4. The second-order valence-electron chi connectivity index (χ2n) is 5.36. The van der Waals surface area contributed by atoms with Crippen LogP contribution in [0.3, 0.4) is 0 Å². The largest absolute Gasteiger partial charge is 0.445 e. The van der Waals surface area contributed by atoms with Crippen molar-refractivity contribution in [3.8, 4) is 11.5 Å². The van der Waals surface area contributed by atoms with Gasteiger partial charge in [0.25, 0.3) is 0 Å². The summed E-state index contributed by atoms with van der Waals surface area (Å²) in [5.41, 5.74) is 2.47. The number of rotatable bonds is 5. The van der Waals surface area contributed by atoms with Gasteiger partial charge in [0.05, 0.1) is 12.3 Å². The zero-order valence-electron chi connectivity index (χ0n) is 13.0. The van der Waals surface area contributed by atoms with Crippen LogP contribution in [0.25, 0.3) is 11.5 Å². The fourth-order valence-electron chi connectivity index (χ4n) is 1.95. The highest BCUT2D eigenvalue weighted by Crippen LogP contribution is 2.24. The minimum Gasteiger partial charge on any atom is -0.445 e. The van der Waals surface area contributed by atoms with E-state index in [-0.39, 0.29) is 6.03 Å². The molecule has 0 saturated carbocycles. The van der Waals surface area contributed by atoms with E-state index in [1.165, 1.54) is 6.26 Å². The summed E-state index contributed by atoms with van der Waals surface area (Å²) < 4.78 is 5.27. The van der Waals surface area contributed by atoms with Gasteiger partial charge in [0.2, 0.25) is 5.89 Å². The van der Waals surface area contributed by atoms with Gasteiger partial charge in [0, 0.05) is 24.8 Å². The topological polar surface area (TPSA) is 78.6 Å². The van der Waals surface area contributed by atoms with E-state index < -0.39 is 6.10 Å². The Balaban J connectivity index is 2.08. The fraction of sp³-hybridized carbons (Fsp3) is 0.375. The molecule has 0 aliphatic rings. The molecule has 2 aromatic rings. The number of oxazole rings is 1. The summed E-state index contributed by atoms with van der Waals surface area (Å²) in [5, 5.41) is 12.2. The second-order valence-corrected chi connectivity index (χ2v) is 5.36. The van der Waals surface area contributed by atoms with E-state index in [4.69, 9.17) is 4.42 Å². The molecule has 0 aliphatic carbocycles. The summed E-state index contributed by atoms with van der Waals surface area (Å²) in [4.78, 5) is 17.8. The van der Waals surface area contributed by atoms with E-state index in [9.17, 15) is 9.90 Å². The van der Waals surface area contributed by atoms with Crippen molar-refractivity contribution in [2.45, 2.75) is 26.4 Å². The van der Waals surface area contributed by atoms with Crippen LogP contribution in [-0.4, -0.2) is 40.7 Å². The van der Waals surface area contributed by atoms with E-state index in [1.807, 2.05) is 25.1 Å². The van der Waals surface area contributed by atoms with Gasteiger partial charge in [-0.25, -0.2) is 9.78 Å². The molecule has 2 rings (SSSR count). The van der Waals surface area contributed by atoms with Crippen molar-refractivity contribution in [2.24, 2.45) is 0 Å².